The van der Waals surface area contributed by atoms with Gasteiger partial charge in [-0.1, -0.05) is 54.1 Å². The summed E-state index contributed by atoms with van der Waals surface area (Å²) in [6.07, 6.45) is 0. The average Bonchev–Trinajstić information content (AvgIpc) is 2.70. The van der Waals surface area contributed by atoms with Crippen molar-refractivity contribution in [3.05, 3.63) is 70.8 Å². The van der Waals surface area contributed by atoms with Crippen LogP contribution in [0.1, 0.15) is 35.2 Å². The lowest BCUT2D eigenvalue weighted by atomic mass is 10.0. The number of benzene rings is 2. The van der Waals surface area contributed by atoms with Crippen molar-refractivity contribution in [1.82, 2.24) is 14.5 Å². The minimum atomic E-state index is -3.39. The second-order valence-corrected chi connectivity index (χ2v) is 9.63. The standard InChI is InChI=1S/C22H29N3O3S/c1-17-9-10-18(2)21(15-17)19(3)23-22(26)24-11-13-25(14-12-24)29(27,28)16-20-7-5-4-6-8-20/h4-10,15,19H,11-14,16H2,1-3H3,(H,23,26)/t19-/m1/s1. The summed E-state index contributed by atoms with van der Waals surface area (Å²) in [6.45, 7) is 7.46. The molecule has 2 aromatic carbocycles. The van der Waals surface area contributed by atoms with Gasteiger partial charge in [-0.25, -0.2) is 13.2 Å². The van der Waals surface area contributed by atoms with E-state index in [1.165, 1.54) is 4.31 Å². The molecule has 0 aromatic heterocycles. The lowest BCUT2D eigenvalue weighted by Gasteiger charge is -2.34. The van der Waals surface area contributed by atoms with Crippen molar-refractivity contribution in [3.8, 4) is 0 Å². The first-order valence-corrected chi connectivity index (χ1v) is 11.5. The summed E-state index contributed by atoms with van der Waals surface area (Å²) in [5.41, 5.74) is 4.17. The lowest BCUT2D eigenvalue weighted by Crippen LogP contribution is -2.53. The fourth-order valence-corrected chi connectivity index (χ4v) is 5.14. The maximum absolute atomic E-state index is 12.7. The first-order chi connectivity index (χ1) is 13.8. The first kappa shape index (κ1) is 21.3. The third-order valence-corrected chi connectivity index (χ3v) is 7.20. The Hall–Kier alpha value is -2.38. The molecule has 1 aliphatic rings. The predicted molar refractivity (Wildman–Crippen MR) is 115 cm³/mol. The highest BCUT2D eigenvalue weighted by molar-refractivity contribution is 7.88. The minimum Gasteiger partial charge on any atom is -0.331 e. The SMILES string of the molecule is Cc1ccc(C)c([C@@H](C)NC(=O)N2CCN(S(=O)(=O)Cc3ccccc3)CC2)c1. The number of urea groups is 1. The monoisotopic (exact) mass is 415 g/mol. The number of nitrogens with zero attached hydrogens (tertiary/aromatic N) is 2. The number of piperazine rings is 1. The molecule has 1 atom stereocenters. The molecule has 3 rings (SSSR count). The Labute approximate surface area is 173 Å². The van der Waals surface area contributed by atoms with Crippen molar-refractivity contribution < 1.29 is 13.2 Å². The van der Waals surface area contributed by atoms with Crippen molar-refractivity contribution in [2.45, 2.75) is 32.6 Å². The zero-order chi connectivity index (χ0) is 21.0. The van der Waals surface area contributed by atoms with Crippen LogP contribution in [0.3, 0.4) is 0 Å². The van der Waals surface area contributed by atoms with Crippen LogP contribution in [0.25, 0.3) is 0 Å². The molecule has 1 fully saturated rings. The van der Waals surface area contributed by atoms with E-state index in [-0.39, 0.29) is 17.8 Å². The number of amides is 2. The second-order valence-electron chi connectivity index (χ2n) is 7.66. The van der Waals surface area contributed by atoms with Gasteiger partial charge in [-0.2, -0.15) is 4.31 Å². The summed E-state index contributed by atoms with van der Waals surface area (Å²) in [4.78, 5) is 14.4. The number of carbonyl (C=O) groups excluding carboxylic acids is 1. The molecule has 1 aliphatic heterocycles. The Kier molecular flexibility index (Phi) is 6.59. The molecule has 156 valence electrons. The van der Waals surface area contributed by atoms with Gasteiger partial charge in [0.15, 0.2) is 0 Å². The van der Waals surface area contributed by atoms with Crippen LogP contribution in [0, 0.1) is 13.8 Å². The summed E-state index contributed by atoms with van der Waals surface area (Å²) in [5.74, 6) is -0.0102. The minimum absolute atomic E-state index is 0.0102. The zero-order valence-electron chi connectivity index (χ0n) is 17.3. The van der Waals surface area contributed by atoms with Crippen molar-refractivity contribution >= 4 is 16.1 Å². The highest BCUT2D eigenvalue weighted by atomic mass is 32.2. The van der Waals surface area contributed by atoms with Gasteiger partial charge >= 0.3 is 6.03 Å². The third kappa shape index (κ3) is 5.36. The van der Waals surface area contributed by atoms with Crippen LogP contribution in [0.5, 0.6) is 0 Å². The first-order valence-electron chi connectivity index (χ1n) is 9.90. The number of hydrogen-bond acceptors (Lipinski definition) is 3. The molecular formula is C22H29N3O3S. The molecule has 1 N–H and O–H groups in total. The molecule has 2 amide bonds. The van der Waals surface area contributed by atoms with Gasteiger partial charge < -0.3 is 10.2 Å². The van der Waals surface area contributed by atoms with E-state index in [0.717, 1.165) is 22.3 Å². The fraction of sp³-hybridized carbons (Fsp3) is 0.409. The van der Waals surface area contributed by atoms with E-state index in [9.17, 15) is 13.2 Å². The number of carbonyl (C=O) groups is 1. The smallest absolute Gasteiger partial charge is 0.317 e. The fourth-order valence-electron chi connectivity index (χ4n) is 3.63. The van der Waals surface area contributed by atoms with Crippen molar-refractivity contribution in [2.75, 3.05) is 26.2 Å². The molecule has 1 heterocycles. The van der Waals surface area contributed by atoms with Crippen LogP contribution in [0.2, 0.25) is 0 Å². The molecule has 0 aliphatic carbocycles. The highest BCUT2D eigenvalue weighted by Gasteiger charge is 2.29. The molecule has 0 saturated carbocycles. The van der Waals surface area contributed by atoms with Gasteiger partial charge in [-0.15, -0.1) is 0 Å². The Morgan fingerprint density at radius 1 is 1.03 bits per heavy atom. The van der Waals surface area contributed by atoms with Crippen molar-refractivity contribution in [3.63, 3.8) is 0 Å². The van der Waals surface area contributed by atoms with Crippen molar-refractivity contribution in [2.24, 2.45) is 0 Å². The summed E-state index contributed by atoms with van der Waals surface area (Å²) in [5, 5.41) is 3.05. The van der Waals surface area contributed by atoms with Crippen molar-refractivity contribution in [1.29, 1.82) is 0 Å². The summed E-state index contributed by atoms with van der Waals surface area (Å²) < 4.78 is 26.8. The molecular weight excluding hydrogens is 386 g/mol. The highest BCUT2D eigenvalue weighted by Crippen LogP contribution is 2.20. The van der Waals surface area contributed by atoms with Gasteiger partial charge in [0.05, 0.1) is 11.8 Å². The Balaban J connectivity index is 1.56. The molecule has 7 heteroatoms. The number of nitrogens with one attached hydrogen (secondary N) is 1. The largest absolute Gasteiger partial charge is 0.331 e. The Morgan fingerprint density at radius 3 is 2.34 bits per heavy atom. The maximum Gasteiger partial charge on any atom is 0.317 e. The van der Waals surface area contributed by atoms with E-state index >= 15 is 0 Å². The third-order valence-electron chi connectivity index (χ3n) is 5.35. The van der Waals surface area contributed by atoms with Gasteiger partial charge in [0, 0.05) is 26.2 Å². The summed E-state index contributed by atoms with van der Waals surface area (Å²) >= 11 is 0. The summed E-state index contributed by atoms with van der Waals surface area (Å²) in [7, 11) is -3.39. The van der Waals surface area contributed by atoms with Crippen LogP contribution in [0.4, 0.5) is 4.79 Å². The van der Waals surface area contributed by atoms with Crippen LogP contribution in [-0.4, -0.2) is 49.8 Å². The van der Waals surface area contributed by atoms with Crippen LogP contribution < -0.4 is 5.32 Å². The van der Waals surface area contributed by atoms with E-state index < -0.39 is 10.0 Å². The van der Waals surface area contributed by atoms with Gasteiger partial charge in [0.25, 0.3) is 0 Å². The molecule has 0 unspecified atom stereocenters. The molecule has 0 bridgehead atoms. The number of rotatable bonds is 5. The second kappa shape index (κ2) is 8.97. The van der Waals surface area contributed by atoms with Gasteiger partial charge in [0.2, 0.25) is 10.0 Å². The maximum atomic E-state index is 12.7. The van der Waals surface area contributed by atoms with Crippen LogP contribution in [0.15, 0.2) is 48.5 Å². The molecule has 0 spiro atoms. The number of sulfonamides is 1. The van der Waals surface area contributed by atoms with Gasteiger partial charge in [-0.3, -0.25) is 0 Å². The molecule has 2 aromatic rings. The molecule has 29 heavy (non-hydrogen) atoms. The molecule has 1 saturated heterocycles. The van der Waals surface area contributed by atoms with E-state index in [0.29, 0.717) is 26.2 Å². The van der Waals surface area contributed by atoms with Crippen LogP contribution >= 0.6 is 0 Å². The molecule has 6 nitrogen and oxygen atoms in total. The topological polar surface area (TPSA) is 69.7 Å². The normalized spacial score (nSPS) is 16.4. The average molecular weight is 416 g/mol. The van der Waals surface area contributed by atoms with E-state index in [2.05, 4.69) is 23.5 Å². The summed E-state index contributed by atoms with van der Waals surface area (Å²) in [6, 6.07) is 15.1. The molecule has 0 radical (unpaired) electrons. The van der Waals surface area contributed by atoms with E-state index in [1.54, 1.807) is 4.90 Å². The quantitative estimate of drug-likeness (QED) is 0.815. The lowest BCUT2D eigenvalue weighted by molar-refractivity contribution is 0.169. The predicted octanol–water partition coefficient (Wildman–Crippen LogP) is 3.22. The Morgan fingerprint density at radius 2 is 1.69 bits per heavy atom. The Bertz CT molecular complexity index is 953. The number of aryl methyl sites for hydroxylation is 2. The van der Waals surface area contributed by atoms with Gasteiger partial charge in [-0.05, 0) is 37.5 Å². The number of hydrogen-bond donors (Lipinski definition) is 1. The van der Waals surface area contributed by atoms with Gasteiger partial charge in [0.1, 0.15) is 0 Å². The van der Waals surface area contributed by atoms with E-state index in [4.69, 9.17) is 0 Å². The zero-order valence-corrected chi connectivity index (χ0v) is 18.1. The van der Waals surface area contributed by atoms with E-state index in [1.807, 2.05) is 51.1 Å². The van der Waals surface area contributed by atoms with Crippen LogP contribution in [-0.2, 0) is 15.8 Å².